The maximum absolute atomic E-state index is 12.3. The van der Waals surface area contributed by atoms with E-state index in [-0.39, 0.29) is 11.4 Å². The lowest BCUT2D eigenvalue weighted by molar-refractivity contribution is -0.140. The fraction of sp³-hybridized carbons (Fsp3) is 0.364. The molecule has 1 heterocycles. The van der Waals surface area contributed by atoms with E-state index >= 15 is 0 Å². The Kier molecular flexibility index (Phi) is 3.61. The molecule has 1 aliphatic rings. The average molecular weight is 290 g/mol. The van der Waals surface area contributed by atoms with E-state index in [0.29, 0.717) is 17.9 Å². The Hall–Kier alpha value is -1.11. The smallest absolute Gasteiger partial charge is 0.322 e. The zero-order valence-electron chi connectivity index (χ0n) is 9.41. The molecular formula is C11H12ClNO4S. The molecule has 1 atom stereocenters. The summed E-state index contributed by atoms with van der Waals surface area (Å²) in [5, 5.41) is 9.32. The second kappa shape index (κ2) is 4.87. The Balaban J connectivity index is 2.40. The molecule has 2 rings (SSSR count). The van der Waals surface area contributed by atoms with Gasteiger partial charge >= 0.3 is 5.97 Å². The molecule has 5 nitrogen and oxygen atoms in total. The number of rotatable bonds is 3. The molecule has 1 saturated heterocycles. The average Bonchev–Trinajstić information content (AvgIpc) is 2.78. The first kappa shape index (κ1) is 13.3. The Bertz CT molecular complexity index is 572. The number of hydrogen-bond acceptors (Lipinski definition) is 3. The van der Waals surface area contributed by atoms with Gasteiger partial charge in [0, 0.05) is 11.6 Å². The maximum Gasteiger partial charge on any atom is 0.322 e. The largest absolute Gasteiger partial charge is 0.480 e. The van der Waals surface area contributed by atoms with Gasteiger partial charge in [0.25, 0.3) is 0 Å². The van der Waals surface area contributed by atoms with Crippen LogP contribution < -0.4 is 0 Å². The summed E-state index contributed by atoms with van der Waals surface area (Å²) >= 11 is 5.76. The Morgan fingerprint density at radius 3 is 2.78 bits per heavy atom. The summed E-state index contributed by atoms with van der Waals surface area (Å²) in [5.74, 6) is -1.11. The molecule has 0 spiro atoms. The van der Waals surface area contributed by atoms with E-state index in [2.05, 4.69) is 0 Å². The third kappa shape index (κ3) is 2.36. The van der Waals surface area contributed by atoms with Gasteiger partial charge in [0.05, 0.1) is 4.90 Å². The Morgan fingerprint density at radius 2 is 2.17 bits per heavy atom. The van der Waals surface area contributed by atoms with Gasteiger partial charge in [0.15, 0.2) is 0 Å². The highest BCUT2D eigenvalue weighted by Crippen LogP contribution is 2.27. The lowest BCUT2D eigenvalue weighted by atomic mass is 10.2. The third-order valence-electron chi connectivity index (χ3n) is 2.89. The molecular weight excluding hydrogens is 278 g/mol. The van der Waals surface area contributed by atoms with E-state index in [9.17, 15) is 13.2 Å². The fourth-order valence-corrected chi connectivity index (χ4v) is 3.99. The number of nitrogens with zero attached hydrogens (tertiary/aromatic N) is 1. The zero-order chi connectivity index (χ0) is 13.3. The van der Waals surface area contributed by atoms with Crippen molar-refractivity contribution in [1.29, 1.82) is 0 Å². The number of aliphatic carboxylic acids is 1. The van der Waals surface area contributed by atoms with Crippen molar-refractivity contribution in [2.45, 2.75) is 23.8 Å². The monoisotopic (exact) mass is 289 g/mol. The molecule has 18 heavy (non-hydrogen) atoms. The van der Waals surface area contributed by atoms with Crippen LogP contribution in [-0.4, -0.2) is 36.4 Å². The predicted molar refractivity (Wildman–Crippen MR) is 66.0 cm³/mol. The highest BCUT2D eigenvalue weighted by Gasteiger charge is 2.39. The summed E-state index contributed by atoms with van der Waals surface area (Å²) < 4.78 is 25.6. The van der Waals surface area contributed by atoms with Crippen LogP contribution in [0.15, 0.2) is 29.2 Å². The molecule has 0 bridgehead atoms. The van der Waals surface area contributed by atoms with Crippen LogP contribution in [0.3, 0.4) is 0 Å². The molecule has 1 aromatic rings. The molecule has 0 aliphatic carbocycles. The molecule has 1 fully saturated rings. The van der Waals surface area contributed by atoms with Crippen LogP contribution in [0.25, 0.3) is 0 Å². The molecule has 0 saturated carbocycles. The molecule has 1 aliphatic heterocycles. The first-order chi connectivity index (χ1) is 8.43. The second-order valence-electron chi connectivity index (χ2n) is 4.07. The van der Waals surface area contributed by atoms with Gasteiger partial charge in [-0.05, 0) is 31.0 Å². The van der Waals surface area contributed by atoms with E-state index < -0.39 is 22.0 Å². The molecule has 0 radical (unpaired) electrons. The SMILES string of the molecule is O=C(O)[C@@H]1CCCN1S(=O)(=O)c1cccc(Cl)c1. The molecule has 98 valence electrons. The summed E-state index contributed by atoms with van der Waals surface area (Å²) in [6.07, 6.45) is 0.895. The van der Waals surface area contributed by atoms with E-state index in [4.69, 9.17) is 16.7 Å². The van der Waals surface area contributed by atoms with Gasteiger partial charge in [-0.3, -0.25) is 4.79 Å². The number of halogens is 1. The number of carboxylic acid groups (broad SMARTS) is 1. The van der Waals surface area contributed by atoms with Crippen molar-refractivity contribution in [2.75, 3.05) is 6.54 Å². The minimum atomic E-state index is -3.79. The zero-order valence-corrected chi connectivity index (χ0v) is 11.0. The summed E-state index contributed by atoms with van der Waals surface area (Å²) in [7, 11) is -3.79. The normalized spacial score (nSPS) is 21.1. The van der Waals surface area contributed by atoms with Gasteiger partial charge in [-0.15, -0.1) is 0 Å². The van der Waals surface area contributed by atoms with Crippen LogP contribution in [0.4, 0.5) is 0 Å². The van der Waals surface area contributed by atoms with Gasteiger partial charge in [-0.1, -0.05) is 17.7 Å². The summed E-state index contributed by atoms with van der Waals surface area (Å²) in [5.41, 5.74) is 0. The van der Waals surface area contributed by atoms with Gasteiger partial charge in [0.2, 0.25) is 10.0 Å². The van der Waals surface area contributed by atoms with E-state index in [1.807, 2.05) is 0 Å². The summed E-state index contributed by atoms with van der Waals surface area (Å²) in [4.78, 5) is 11.1. The Morgan fingerprint density at radius 1 is 1.44 bits per heavy atom. The van der Waals surface area contributed by atoms with Crippen molar-refractivity contribution < 1.29 is 18.3 Å². The van der Waals surface area contributed by atoms with Crippen LogP contribution in [0.2, 0.25) is 5.02 Å². The number of carboxylic acids is 1. The molecule has 0 unspecified atom stereocenters. The van der Waals surface area contributed by atoms with E-state index in [1.54, 1.807) is 6.07 Å². The van der Waals surface area contributed by atoms with Gasteiger partial charge in [-0.25, -0.2) is 8.42 Å². The van der Waals surface area contributed by atoms with E-state index in [1.165, 1.54) is 18.2 Å². The van der Waals surface area contributed by atoms with Crippen LogP contribution in [0.5, 0.6) is 0 Å². The van der Waals surface area contributed by atoms with Crippen molar-refractivity contribution >= 4 is 27.6 Å². The van der Waals surface area contributed by atoms with Crippen LogP contribution in [-0.2, 0) is 14.8 Å². The number of benzene rings is 1. The number of hydrogen-bond donors (Lipinski definition) is 1. The Labute approximate surface area is 110 Å². The van der Waals surface area contributed by atoms with Crippen molar-refractivity contribution in [1.82, 2.24) is 4.31 Å². The third-order valence-corrected chi connectivity index (χ3v) is 5.03. The fourth-order valence-electron chi connectivity index (χ4n) is 2.04. The lowest BCUT2D eigenvalue weighted by Crippen LogP contribution is -2.40. The minimum absolute atomic E-state index is 0.0307. The number of sulfonamides is 1. The van der Waals surface area contributed by atoms with Crippen LogP contribution >= 0.6 is 11.6 Å². The standard InChI is InChI=1S/C11H12ClNO4S/c12-8-3-1-4-9(7-8)18(16,17)13-6-2-5-10(13)11(14)15/h1,3-4,7,10H,2,5-6H2,(H,14,15)/t10-/m0/s1. The molecule has 1 N–H and O–H groups in total. The van der Waals surface area contributed by atoms with Crippen molar-refractivity contribution in [3.63, 3.8) is 0 Å². The predicted octanol–water partition coefficient (Wildman–Crippen LogP) is 1.58. The highest BCUT2D eigenvalue weighted by atomic mass is 35.5. The van der Waals surface area contributed by atoms with Gasteiger partial charge < -0.3 is 5.11 Å². The topological polar surface area (TPSA) is 74.7 Å². The van der Waals surface area contributed by atoms with Crippen molar-refractivity contribution in [3.8, 4) is 0 Å². The van der Waals surface area contributed by atoms with Crippen molar-refractivity contribution in [2.24, 2.45) is 0 Å². The molecule has 0 aromatic heterocycles. The van der Waals surface area contributed by atoms with Crippen LogP contribution in [0.1, 0.15) is 12.8 Å². The summed E-state index contributed by atoms with van der Waals surface area (Å²) in [6.45, 7) is 0.228. The lowest BCUT2D eigenvalue weighted by Gasteiger charge is -2.20. The van der Waals surface area contributed by atoms with Gasteiger partial charge in [0.1, 0.15) is 6.04 Å². The summed E-state index contributed by atoms with van der Waals surface area (Å²) in [6, 6.07) is 4.86. The second-order valence-corrected chi connectivity index (χ2v) is 6.40. The highest BCUT2D eigenvalue weighted by molar-refractivity contribution is 7.89. The molecule has 0 amide bonds. The van der Waals surface area contributed by atoms with Crippen molar-refractivity contribution in [3.05, 3.63) is 29.3 Å². The number of carbonyl (C=O) groups is 1. The minimum Gasteiger partial charge on any atom is -0.480 e. The van der Waals surface area contributed by atoms with Gasteiger partial charge in [-0.2, -0.15) is 4.31 Å². The molecule has 1 aromatic carbocycles. The molecule has 7 heteroatoms. The first-order valence-electron chi connectivity index (χ1n) is 5.43. The first-order valence-corrected chi connectivity index (χ1v) is 7.25. The quantitative estimate of drug-likeness (QED) is 0.917. The van der Waals surface area contributed by atoms with Crippen LogP contribution in [0, 0.1) is 0 Å². The maximum atomic E-state index is 12.3. The van der Waals surface area contributed by atoms with E-state index in [0.717, 1.165) is 4.31 Å².